The third-order valence-electron chi connectivity index (χ3n) is 8.58. The number of nitrogens with zero attached hydrogens (tertiary/aromatic N) is 7. The van der Waals surface area contributed by atoms with Gasteiger partial charge in [-0.3, -0.25) is 9.69 Å². The highest BCUT2D eigenvalue weighted by molar-refractivity contribution is 5.87. The third kappa shape index (κ3) is 6.84. The summed E-state index contributed by atoms with van der Waals surface area (Å²) < 4.78 is 61.4. The lowest BCUT2D eigenvalue weighted by molar-refractivity contribution is -0.130. The highest BCUT2D eigenvalue weighted by Crippen LogP contribution is 2.35. The molecule has 2 aromatic heterocycles. The van der Waals surface area contributed by atoms with Gasteiger partial charge in [0.1, 0.15) is 30.0 Å². The summed E-state index contributed by atoms with van der Waals surface area (Å²) in [6.07, 6.45) is 0.637. The van der Waals surface area contributed by atoms with E-state index in [-0.39, 0.29) is 59.3 Å². The molecule has 5 atom stereocenters. The van der Waals surface area contributed by atoms with Crippen LogP contribution in [0.3, 0.4) is 0 Å². The Morgan fingerprint density at radius 2 is 1.96 bits per heavy atom. The van der Waals surface area contributed by atoms with Gasteiger partial charge in [-0.15, -0.1) is 0 Å². The second kappa shape index (κ2) is 13.5. The number of likely N-dealkylation sites (N-methyl/N-ethyl adjacent to an activating group) is 1. The fourth-order valence-corrected chi connectivity index (χ4v) is 6.18. The summed E-state index contributed by atoms with van der Waals surface area (Å²) in [7, 11) is 1.82. The van der Waals surface area contributed by atoms with E-state index in [2.05, 4.69) is 32.8 Å². The molecule has 1 amide bonds. The van der Waals surface area contributed by atoms with Gasteiger partial charge < -0.3 is 18.9 Å². The second-order valence-electron chi connectivity index (χ2n) is 12.2. The first kappa shape index (κ1) is 32.9. The van der Waals surface area contributed by atoms with Crippen LogP contribution in [-0.2, 0) is 10.2 Å². The maximum absolute atomic E-state index is 14.7. The molecule has 244 valence electrons. The molecule has 0 saturated carbocycles. The smallest absolute Gasteiger partial charge is 0.296 e. The number of halogens is 3. The van der Waals surface area contributed by atoms with E-state index in [1.165, 1.54) is 18.2 Å². The van der Waals surface area contributed by atoms with Gasteiger partial charge in [-0.05, 0) is 52.4 Å². The highest BCUT2D eigenvalue weighted by atomic mass is 19.1. The molecule has 2 aliphatic rings. The molecular weight excluding hydrogens is 603 g/mol. The van der Waals surface area contributed by atoms with Crippen molar-refractivity contribution in [3.8, 4) is 29.5 Å². The quantitative estimate of drug-likeness (QED) is 0.286. The zero-order chi connectivity index (χ0) is 33.2. The van der Waals surface area contributed by atoms with Crippen molar-refractivity contribution in [2.75, 3.05) is 20.1 Å². The number of nitriles is 1. The number of benzene rings is 1. The Morgan fingerprint density at radius 1 is 1.24 bits per heavy atom. The Hall–Kier alpha value is -4.51. The average Bonchev–Trinajstić information content (AvgIpc) is 3.64. The molecule has 0 N–H and O–H groups in total. The number of hydrogen-bond donors (Lipinski definition) is 0. The molecule has 0 aliphatic carbocycles. The van der Waals surface area contributed by atoms with E-state index in [0.29, 0.717) is 32.4 Å². The van der Waals surface area contributed by atoms with E-state index in [1.807, 2.05) is 18.9 Å². The first-order valence-electron chi connectivity index (χ1n) is 15.1. The van der Waals surface area contributed by atoms with Crippen LogP contribution in [0.4, 0.5) is 13.2 Å². The normalized spacial score (nSPS) is 22.7. The predicted molar refractivity (Wildman–Crippen MR) is 159 cm³/mol. The third-order valence-corrected chi connectivity index (χ3v) is 8.58. The van der Waals surface area contributed by atoms with Gasteiger partial charge >= 0.3 is 0 Å². The van der Waals surface area contributed by atoms with Crippen LogP contribution in [0, 0.1) is 23.0 Å². The largest absolute Gasteiger partial charge is 0.474 e. The van der Waals surface area contributed by atoms with Gasteiger partial charge in [-0.25, -0.2) is 13.2 Å². The summed E-state index contributed by atoms with van der Waals surface area (Å²) in [5.41, 5.74) is -1.54. The van der Waals surface area contributed by atoms with Gasteiger partial charge in [0.05, 0.1) is 24.0 Å². The minimum absolute atomic E-state index is 0.00238. The summed E-state index contributed by atoms with van der Waals surface area (Å²) in [6, 6.07) is 6.62. The van der Waals surface area contributed by atoms with Gasteiger partial charge in [0.2, 0.25) is 23.5 Å². The van der Waals surface area contributed by atoms with Crippen molar-refractivity contribution in [2.45, 2.75) is 82.3 Å². The van der Waals surface area contributed by atoms with Crippen molar-refractivity contribution >= 4 is 5.91 Å². The molecule has 3 aromatic rings. The Kier molecular flexibility index (Phi) is 9.62. The van der Waals surface area contributed by atoms with Crippen LogP contribution >= 0.6 is 0 Å². The van der Waals surface area contributed by atoms with E-state index >= 15 is 0 Å². The molecule has 2 fully saturated rings. The molecule has 11 nitrogen and oxygen atoms in total. The minimum Gasteiger partial charge on any atom is -0.474 e. The van der Waals surface area contributed by atoms with Crippen molar-refractivity contribution in [3.05, 3.63) is 59.9 Å². The number of amides is 1. The van der Waals surface area contributed by atoms with Crippen LogP contribution in [0.15, 0.2) is 41.4 Å². The van der Waals surface area contributed by atoms with Crippen molar-refractivity contribution in [1.29, 1.82) is 5.26 Å². The molecule has 0 radical (unpaired) electrons. The molecule has 46 heavy (non-hydrogen) atoms. The Bertz CT molecular complexity index is 1610. The summed E-state index contributed by atoms with van der Waals surface area (Å²) in [5, 5.41) is 13.4. The monoisotopic (exact) mass is 639 g/mol. The lowest BCUT2D eigenvalue weighted by Gasteiger charge is -2.37. The lowest BCUT2D eigenvalue weighted by atomic mass is 9.83. The molecule has 5 rings (SSSR count). The van der Waals surface area contributed by atoms with Gasteiger partial charge in [0.15, 0.2) is 5.82 Å². The fourth-order valence-electron chi connectivity index (χ4n) is 6.18. The molecule has 14 heteroatoms. The van der Waals surface area contributed by atoms with E-state index in [4.69, 9.17) is 14.0 Å². The van der Waals surface area contributed by atoms with Crippen LogP contribution < -0.4 is 9.47 Å². The highest BCUT2D eigenvalue weighted by Gasteiger charge is 2.37. The lowest BCUT2D eigenvalue weighted by Crippen LogP contribution is -2.48. The first-order chi connectivity index (χ1) is 21.9. The van der Waals surface area contributed by atoms with Crippen molar-refractivity contribution in [3.63, 3.8) is 0 Å². The zero-order valence-electron chi connectivity index (χ0n) is 26.1. The number of likely N-dealkylation sites (tertiary alicyclic amines) is 2. The van der Waals surface area contributed by atoms with Gasteiger partial charge in [0.25, 0.3) is 5.89 Å². The van der Waals surface area contributed by atoms with E-state index in [0.717, 1.165) is 12.1 Å². The van der Waals surface area contributed by atoms with E-state index in [1.54, 1.807) is 18.7 Å². The fraction of sp³-hybridized carbons (Fsp3) is 0.500. The van der Waals surface area contributed by atoms with E-state index < -0.39 is 35.4 Å². The van der Waals surface area contributed by atoms with Crippen LogP contribution in [0.25, 0.3) is 11.7 Å². The molecule has 0 bridgehead atoms. The van der Waals surface area contributed by atoms with Crippen LogP contribution in [0.5, 0.6) is 11.8 Å². The second-order valence-corrected chi connectivity index (χ2v) is 12.2. The molecule has 4 heterocycles. The summed E-state index contributed by atoms with van der Waals surface area (Å²) in [4.78, 5) is 29.2. The van der Waals surface area contributed by atoms with Gasteiger partial charge in [0, 0.05) is 43.6 Å². The van der Waals surface area contributed by atoms with Crippen LogP contribution in [-0.4, -0.2) is 86.4 Å². The minimum atomic E-state index is -1.32. The van der Waals surface area contributed by atoms with Crippen molar-refractivity contribution < 1.29 is 32.0 Å². The van der Waals surface area contributed by atoms with Crippen molar-refractivity contribution in [2.24, 2.45) is 0 Å². The summed E-state index contributed by atoms with van der Waals surface area (Å²) in [5.74, 6) is -1.75. The molecule has 1 aromatic carbocycles. The number of carbonyl (C=O) groups excluding carboxylic acids is 1. The number of aromatic nitrogens is 4. The standard InChI is InChI=1S/C32H36F3N7O4/c1-6-27(43)42-13-11-21(15-20(42)10-12-36)45-26-16-25(44-18(2)24-14-19(33)17-41(24)5)37-29(38-26)30-39-31(40-46-30)32(3,4)28-22(34)8-7-9-23(28)35/h6-9,16,18-21,24H,1,10-11,13-15,17H2,2-5H3/t18-,19-,20+,21-,24-/m0/s1. The number of carbonyl (C=O) groups is 1. The molecular formula is C32H36F3N7O4. The zero-order valence-corrected chi connectivity index (χ0v) is 26.1. The number of piperidine rings is 1. The maximum atomic E-state index is 14.7. The van der Waals surface area contributed by atoms with Crippen LogP contribution in [0.2, 0.25) is 0 Å². The Morgan fingerprint density at radius 3 is 2.61 bits per heavy atom. The molecule has 0 unspecified atom stereocenters. The predicted octanol–water partition coefficient (Wildman–Crippen LogP) is 4.78. The Labute approximate surface area is 265 Å². The number of hydrogen-bond acceptors (Lipinski definition) is 10. The number of alkyl halides is 1. The maximum Gasteiger partial charge on any atom is 0.296 e. The van der Waals surface area contributed by atoms with E-state index in [9.17, 15) is 23.2 Å². The van der Waals surface area contributed by atoms with Gasteiger partial charge in [-0.2, -0.15) is 20.2 Å². The summed E-state index contributed by atoms with van der Waals surface area (Å²) in [6.45, 7) is 9.15. The Balaban J connectivity index is 1.46. The number of rotatable bonds is 10. The van der Waals surface area contributed by atoms with Crippen molar-refractivity contribution in [1.82, 2.24) is 29.9 Å². The molecule has 0 spiro atoms. The first-order valence-corrected chi connectivity index (χ1v) is 15.1. The summed E-state index contributed by atoms with van der Waals surface area (Å²) >= 11 is 0. The SMILES string of the molecule is C=CC(=O)N1CC[C@H](Oc2cc(O[C@@H](C)[C@@H]3C[C@H](F)CN3C)nc(-c3nc(C(C)(C)c4c(F)cccc4F)no3)n2)C[C@H]1CC#N. The van der Waals surface area contributed by atoms with Crippen LogP contribution in [0.1, 0.15) is 57.8 Å². The molecule has 2 aliphatic heterocycles. The number of ether oxygens (including phenoxy) is 2. The van der Waals surface area contributed by atoms with Gasteiger partial charge in [-0.1, -0.05) is 17.8 Å². The molecule has 2 saturated heterocycles. The topological polar surface area (TPSA) is 130 Å². The average molecular weight is 640 g/mol.